The van der Waals surface area contributed by atoms with E-state index in [-0.39, 0.29) is 17.0 Å². The fourth-order valence-corrected chi connectivity index (χ4v) is 3.15. The predicted molar refractivity (Wildman–Crippen MR) is 56.2 cm³/mol. The highest BCUT2D eigenvalue weighted by atomic mass is 32.2. The molecule has 7 heteroatoms. The van der Waals surface area contributed by atoms with Gasteiger partial charge in [-0.3, -0.25) is 14.5 Å². The van der Waals surface area contributed by atoms with Crippen molar-refractivity contribution in [1.82, 2.24) is 10.2 Å². The average Bonchev–Trinajstić information content (AvgIpc) is 2.52. The molecule has 1 saturated heterocycles. The Morgan fingerprint density at radius 1 is 1.69 bits per heavy atom. The monoisotopic (exact) mass is 242 g/mol. The van der Waals surface area contributed by atoms with Gasteiger partial charge in [-0.15, -0.1) is 11.8 Å². The van der Waals surface area contributed by atoms with Gasteiger partial charge in [-0.2, -0.15) is 0 Å². The lowest BCUT2D eigenvalue weighted by Crippen LogP contribution is -2.48. The first-order valence-corrected chi connectivity index (χ1v) is 5.65. The van der Waals surface area contributed by atoms with Gasteiger partial charge in [0.25, 0.3) is 0 Å². The van der Waals surface area contributed by atoms with Crippen LogP contribution >= 0.6 is 11.8 Å². The van der Waals surface area contributed by atoms with E-state index in [2.05, 4.69) is 5.32 Å². The third-order valence-corrected chi connectivity index (χ3v) is 3.80. The molecule has 2 aliphatic rings. The molecule has 0 saturated carbocycles. The second kappa shape index (κ2) is 4.17. The summed E-state index contributed by atoms with van der Waals surface area (Å²) in [7, 11) is 0. The standard InChI is InChI=1S/C9H10N2O4S/c12-4-10-2-1-5-8(9(14)15)11-6(13)3-7(11)16-5/h4,7H,1-3H2,(H,10,12)(H,14,15). The van der Waals surface area contributed by atoms with Crippen LogP contribution in [0.2, 0.25) is 0 Å². The number of carboxylic acids is 1. The lowest BCUT2D eigenvalue weighted by atomic mass is 10.1. The van der Waals surface area contributed by atoms with Crippen LogP contribution in [0.25, 0.3) is 0 Å². The Hall–Kier alpha value is -1.50. The van der Waals surface area contributed by atoms with Crippen molar-refractivity contribution in [2.45, 2.75) is 18.2 Å². The summed E-state index contributed by atoms with van der Waals surface area (Å²) in [6, 6.07) is 0. The maximum atomic E-state index is 11.2. The molecule has 2 rings (SSSR count). The summed E-state index contributed by atoms with van der Waals surface area (Å²) in [5.41, 5.74) is 0.0824. The molecule has 86 valence electrons. The number of β-lactam (4-membered cyclic amide) rings is 1. The van der Waals surface area contributed by atoms with Gasteiger partial charge in [0.05, 0.1) is 11.8 Å². The van der Waals surface area contributed by atoms with Crippen molar-refractivity contribution in [1.29, 1.82) is 0 Å². The molecular formula is C9H10N2O4S. The number of carbonyl (C=O) groups is 3. The quantitative estimate of drug-likeness (QED) is 0.393. The van der Waals surface area contributed by atoms with Crippen LogP contribution in [0.15, 0.2) is 10.6 Å². The molecule has 0 aromatic rings. The number of carboxylic acid groups (broad SMARTS) is 1. The van der Waals surface area contributed by atoms with Crippen molar-refractivity contribution in [3.05, 3.63) is 10.6 Å². The van der Waals surface area contributed by atoms with Crippen molar-refractivity contribution in [3.63, 3.8) is 0 Å². The minimum Gasteiger partial charge on any atom is -0.477 e. The van der Waals surface area contributed by atoms with Crippen LogP contribution in [0.5, 0.6) is 0 Å². The number of carbonyl (C=O) groups excluding carboxylic acids is 2. The van der Waals surface area contributed by atoms with Gasteiger partial charge in [0.1, 0.15) is 5.70 Å². The van der Waals surface area contributed by atoms with E-state index in [1.165, 1.54) is 16.7 Å². The molecule has 0 bridgehead atoms. The molecule has 0 aromatic carbocycles. The summed E-state index contributed by atoms with van der Waals surface area (Å²) in [4.78, 5) is 34.3. The summed E-state index contributed by atoms with van der Waals surface area (Å²) >= 11 is 1.40. The minimum absolute atomic E-state index is 0.0511. The van der Waals surface area contributed by atoms with E-state index >= 15 is 0 Å². The zero-order chi connectivity index (χ0) is 11.7. The van der Waals surface area contributed by atoms with E-state index < -0.39 is 5.97 Å². The molecule has 2 N–H and O–H groups in total. The van der Waals surface area contributed by atoms with E-state index in [4.69, 9.17) is 5.11 Å². The normalized spacial score (nSPS) is 22.9. The largest absolute Gasteiger partial charge is 0.477 e. The fraction of sp³-hybridized carbons (Fsp3) is 0.444. The lowest BCUT2D eigenvalue weighted by Gasteiger charge is -2.33. The van der Waals surface area contributed by atoms with E-state index in [1.54, 1.807) is 0 Å². The van der Waals surface area contributed by atoms with Gasteiger partial charge in [0.15, 0.2) is 0 Å². The zero-order valence-electron chi connectivity index (χ0n) is 8.30. The molecule has 0 aromatic heterocycles. The third-order valence-electron chi connectivity index (χ3n) is 2.47. The van der Waals surface area contributed by atoms with Gasteiger partial charge in [-0.05, 0) is 6.42 Å². The van der Waals surface area contributed by atoms with Gasteiger partial charge in [-0.1, -0.05) is 0 Å². The van der Waals surface area contributed by atoms with Crippen LogP contribution in [0.4, 0.5) is 0 Å². The Balaban J connectivity index is 2.12. The second-order valence-electron chi connectivity index (χ2n) is 3.44. The molecule has 2 amide bonds. The van der Waals surface area contributed by atoms with E-state index in [0.717, 1.165) is 0 Å². The van der Waals surface area contributed by atoms with Crippen LogP contribution in [-0.4, -0.2) is 40.2 Å². The van der Waals surface area contributed by atoms with Crippen LogP contribution < -0.4 is 5.32 Å². The Morgan fingerprint density at radius 2 is 2.44 bits per heavy atom. The molecule has 0 radical (unpaired) electrons. The highest BCUT2D eigenvalue weighted by Gasteiger charge is 2.47. The number of nitrogens with zero attached hydrogens (tertiary/aromatic N) is 1. The summed E-state index contributed by atoms with van der Waals surface area (Å²) < 4.78 is 0. The SMILES string of the molecule is O=CNCCC1=C(C(=O)O)N2C(=O)CC2S1. The Kier molecular flexibility index (Phi) is 2.86. The highest BCUT2D eigenvalue weighted by Crippen LogP contribution is 2.47. The van der Waals surface area contributed by atoms with Gasteiger partial charge < -0.3 is 10.4 Å². The number of nitrogens with one attached hydrogen (secondary N) is 1. The van der Waals surface area contributed by atoms with Crippen LogP contribution in [-0.2, 0) is 14.4 Å². The topological polar surface area (TPSA) is 86.7 Å². The van der Waals surface area contributed by atoms with Gasteiger partial charge >= 0.3 is 5.97 Å². The van der Waals surface area contributed by atoms with Gasteiger partial charge in [-0.25, -0.2) is 4.79 Å². The van der Waals surface area contributed by atoms with Crippen molar-refractivity contribution in [2.24, 2.45) is 0 Å². The minimum atomic E-state index is -1.08. The van der Waals surface area contributed by atoms with E-state index in [1.807, 2.05) is 0 Å². The average molecular weight is 242 g/mol. The van der Waals surface area contributed by atoms with Crippen molar-refractivity contribution >= 4 is 30.0 Å². The molecule has 16 heavy (non-hydrogen) atoms. The number of hydrogen-bond acceptors (Lipinski definition) is 4. The lowest BCUT2D eigenvalue weighted by molar-refractivity contribution is -0.145. The summed E-state index contributed by atoms with van der Waals surface area (Å²) in [6.07, 6.45) is 1.41. The fourth-order valence-electron chi connectivity index (χ4n) is 1.75. The Morgan fingerprint density at radius 3 is 3.00 bits per heavy atom. The van der Waals surface area contributed by atoms with E-state index in [0.29, 0.717) is 30.7 Å². The molecule has 1 atom stereocenters. The summed E-state index contributed by atoms with van der Waals surface area (Å²) in [6.45, 7) is 0.386. The van der Waals surface area contributed by atoms with Crippen molar-refractivity contribution < 1.29 is 19.5 Å². The zero-order valence-corrected chi connectivity index (χ0v) is 9.12. The van der Waals surface area contributed by atoms with E-state index in [9.17, 15) is 14.4 Å². The number of thioether (sulfide) groups is 1. The maximum absolute atomic E-state index is 11.2. The highest BCUT2D eigenvalue weighted by molar-refractivity contribution is 8.04. The summed E-state index contributed by atoms with van der Waals surface area (Å²) in [5.74, 6) is -1.22. The first kappa shape index (κ1) is 11.0. The van der Waals surface area contributed by atoms with Gasteiger partial charge in [0.2, 0.25) is 12.3 Å². The van der Waals surface area contributed by atoms with Crippen LogP contribution in [0.1, 0.15) is 12.8 Å². The molecular weight excluding hydrogens is 232 g/mol. The van der Waals surface area contributed by atoms with Crippen molar-refractivity contribution in [3.8, 4) is 0 Å². The maximum Gasteiger partial charge on any atom is 0.353 e. The Bertz CT molecular complexity index is 393. The molecule has 2 heterocycles. The molecule has 2 aliphatic heterocycles. The van der Waals surface area contributed by atoms with Crippen molar-refractivity contribution in [2.75, 3.05) is 6.54 Å². The smallest absolute Gasteiger partial charge is 0.353 e. The number of hydrogen-bond donors (Lipinski definition) is 2. The molecule has 0 aliphatic carbocycles. The van der Waals surface area contributed by atoms with Crippen LogP contribution in [0.3, 0.4) is 0 Å². The Labute approximate surface area is 95.7 Å². The molecule has 0 spiro atoms. The molecule has 1 unspecified atom stereocenters. The number of aliphatic carboxylic acids is 1. The van der Waals surface area contributed by atoms with Crippen LogP contribution in [0, 0.1) is 0 Å². The number of rotatable bonds is 5. The second-order valence-corrected chi connectivity index (χ2v) is 4.71. The van der Waals surface area contributed by atoms with Gasteiger partial charge in [0, 0.05) is 11.4 Å². The number of amides is 2. The molecule has 6 nitrogen and oxygen atoms in total. The first-order chi connectivity index (χ1) is 7.65. The number of fused-ring (bicyclic) bond motifs is 1. The first-order valence-electron chi connectivity index (χ1n) is 4.77. The predicted octanol–water partition coefficient (Wildman–Crippen LogP) is -0.276. The summed E-state index contributed by atoms with van der Waals surface area (Å²) in [5, 5.41) is 11.4. The third kappa shape index (κ3) is 1.67. The molecule has 1 fully saturated rings.